The Labute approximate surface area is 130 Å². The molecular formula is C16H23N3OS. The van der Waals surface area contributed by atoms with E-state index in [-0.39, 0.29) is 5.91 Å². The zero-order chi connectivity index (χ0) is 14.5. The van der Waals surface area contributed by atoms with Crippen molar-refractivity contribution in [1.82, 2.24) is 14.8 Å². The number of nitrogens with zero attached hydrogens (tertiary/aromatic N) is 3. The summed E-state index contributed by atoms with van der Waals surface area (Å²) in [4.78, 5) is 21.4. The van der Waals surface area contributed by atoms with Crippen LogP contribution < -0.4 is 0 Å². The lowest BCUT2D eigenvalue weighted by Gasteiger charge is -2.32. The van der Waals surface area contributed by atoms with Crippen LogP contribution in [0, 0.1) is 0 Å². The van der Waals surface area contributed by atoms with E-state index in [1.54, 1.807) is 12.4 Å². The zero-order valence-electron chi connectivity index (χ0n) is 12.4. The Bertz CT molecular complexity index is 462. The molecule has 2 fully saturated rings. The summed E-state index contributed by atoms with van der Waals surface area (Å²) in [6.45, 7) is 4.30. The molecule has 0 aromatic carbocycles. The molecule has 2 saturated heterocycles. The van der Waals surface area contributed by atoms with E-state index < -0.39 is 0 Å². The Hall–Kier alpha value is -1.07. The Morgan fingerprint density at radius 1 is 1.19 bits per heavy atom. The molecule has 2 aliphatic heterocycles. The lowest BCUT2D eigenvalue weighted by atomic mass is 10.1. The molecule has 0 bridgehead atoms. The van der Waals surface area contributed by atoms with Crippen molar-refractivity contribution < 1.29 is 4.79 Å². The standard InChI is InChI=1S/C16H23N3OS/c20-16(14-4-6-17-7-5-14)19-10-3-11-21-13-15(19)12-18-8-1-2-9-18/h4-7,15H,1-3,8-13H2. The number of pyridine rings is 1. The third kappa shape index (κ3) is 3.77. The van der Waals surface area contributed by atoms with E-state index >= 15 is 0 Å². The molecule has 2 aliphatic rings. The van der Waals surface area contributed by atoms with E-state index in [9.17, 15) is 4.79 Å². The molecule has 5 heteroatoms. The third-order valence-electron chi connectivity index (χ3n) is 4.29. The van der Waals surface area contributed by atoms with Gasteiger partial charge < -0.3 is 9.80 Å². The second-order valence-electron chi connectivity index (χ2n) is 5.82. The van der Waals surface area contributed by atoms with Crippen LogP contribution in [0.15, 0.2) is 24.5 Å². The second kappa shape index (κ2) is 7.27. The maximum Gasteiger partial charge on any atom is 0.254 e. The topological polar surface area (TPSA) is 36.4 Å². The summed E-state index contributed by atoms with van der Waals surface area (Å²) in [5.41, 5.74) is 0.767. The van der Waals surface area contributed by atoms with Crippen LogP contribution in [-0.2, 0) is 0 Å². The summed E-state index contributed by atoms with van der Waals surface area (Å²) in [6, 6.07) is 4.00. The van der Waals surface area contributed by atoms with Crippen molar-refractivity contribution in [3.05, 3.63) is 30.1 Å². The van der Waals surface area contributed by atoms with E-state index in [0.717, 1.165) is 36.6 Å². The lowest BCUT2D eigenvalue weighted by molar-refractivity contribution is 0.0666. The van der Waals surface area contributed by atoms with Gasteiger partial charge >= 0.3 is 0 Å². The van der Waals surface area contributed by atoms with Crippen molar-refractivity contribution in [2.24, 2.45) is 0 Å². The number of carbonyl (C=O) groups is 1. The molecule has 1 atom stereocenters. The van der Waals surface area contributed by atoms with Gasteiger partial charge in [-0.15, -0.1) is 0 Å². The first-order valence-electron chi connectivity index (χ1n) is 7.86. The molecular weight excluding hydrogens is 282 g/mol. The van der Waals surface area contributed by atoms with Gasteiger partial charge in [0.1, 0.15) is 0 Å². The molecule has 3 rings (SSSR count). The predicted octanol–water partition coefficient (Wildman–Crippen LogP) is 2.13. The molecule has 4 nitrogen and oxygen atoms in total. The highest BCUT2D eigenvalue weighted by Gasteiger charge is 2.28. The molecule has 0 spiro atoms. The Morgan fingerprint density at radius 3 is 2.71 bits per heavy atom. The van der Waals surface area contributed by atoms with E-state index in [4.69, 9.17) is 0 Å². The van der Waals surface area contributed by atoms with Crippen LogP contribution in [0.1, 0.15) is 29.6 Å². The third-order valence-corrected chi connectivity index (χ3v) is 5.49. The minimum Gasteiger partial charge on any atom is -0.334 e. The molecule has 114 valence electrons. The highest BCUT2D eigenvalue weighted by Crippen LogP contribution is 2.21. The number of amides is 1. The molecule has 3 heterocycles. The van der Waals surface area contributed by atoms with E-state index in [1.807, 2.05) is 23.9 Å². The Kier molecular flexibility index (Phi) is 5.14. The number of rotatable bonds is 3. The summed E-state index contributed by atoms with van der Waals surface area (Å²) >= 11 is 1.99. The molecule has 0 radical (unpaired) electrons. The molecule has 1 aromatic rings. The van der Waals surface area contributed by atoms with Crippen LogP contribution in [0.25, 0.3) is 0 Å². The Balaban J connectivity index is 1.73. The first-order valence-corrected chi connectivity index (χ1v) is 9.01. The summed E-state index contributed by atoms with van der Waals surface area (Å²) in [7, 11) is 0. The lowest BCUT2D eigenvalue weighted by Crippen LogP contribution is -2.47. The van der Waals surface area contributed by atoms with Gasteiger partial charge in [-0.25, -0.2) is 0 Å². The van der Waals surface area contributed by atoms with Crippen LogP contribution in [0.3, 0.4) is 0 Å². The van der Waals surface area contributed by atoms with Gasteiger partial charge in [0.25, 0.3) is 5.91 Å². The number of likely N-dealkylation sites (tertiary alicyclic amines) is 1. The van der Waals surface area contributed by atoms with Gasteiger partial charge in [0, 0.05) is 36.8 Å². The minimum atomic E-state index is 0.170. The van der Waals surface area contributed by atoms with E-state index in [0.29, 0.717) is 6.04 Å². The molecule has 0 N–H and O–H groups in total. The molecule has 1 aromatic heterocycles. The molecule has 21 heavy (non-hydrogen) atoms. The van der Waals surface area contributed by atoms with Gasteiger partial charge in [0.2, 0.25) is 0 Å². The fourth-order valence-corrected chi connectivity index (χ4v) is 4.23. The van der Waals surface area contributed by atoms with Crippen molar-refractivity contribution in [3.63, 3.8) is 0 Å². The van der Waals surface area contributed by atoms with Gasteiger partial charge in [0.05, 0.1) is 6.04 Å². The number of carbonyl (C=O) groups excluding carboxylic acids is 1. The van der Waals surface area contributed by atoms with Gasteiger partial charge in [-0.1, -0.05) is 0 Å². The largest absolute Gasteiger partial charge is 0.334 e. The van der Waals surface area contributed by atoms with Crippen LogP contribution in [0.2, 0.25) is 0 Å². The number of hydrogen-bond donors (Lipinski definition) is 0. The van der Waals surface area contributed by atoms with Crippen LogP contribution >= 0.6 is 11.8 Å². The van der Waals surface area contributed by atoms with Gasteiger partial charge in [-0.05, 0) is 50.2 Å². The van der Waals surface area contributed by atoms with Gasteiger partial charge in [-0.3, -0.25) is 9.78 Å². The van der Waals surface area contributed by atoms with Crippen LogP contribution in [-0.4, -0.2) is 64.4 Å². The monoisotopic (exact) mass is 305 g/mol. The fourth-order valence-electron chi connectivity index (χ4n) is 3.17. The summed E-state index contributed by atoms with van der Waals surface area (Å²) in [5, 5.41) is 0. The van der Waals surface area contributed by atoms with Crippen LogP contribution in [0.5, 0.6) is 0 Å². The number of hydrogen-bond acceptors (Lipinski definition) is 4. The predicted molar refractivity (Wildman–Crippen MR) is 86.7 cm³/mol. The maximum atomic E-state index is 12.8. The normalized spacial score (nSPS) is 24.0. The van der Waals surface area contributed by atoms with E-state index in [1.165, 1.54) is 25.9 Å². The highest BCUT2D eigenvalue weighted by molar-refractivity contribution is 7.99. The van der Waals surface area contributed by atoms with E-state index in [2.05, 4.69) is 14.8 Å². The molecule has 0 aliphatic carbocycles. The van der Waals surface area contributed by atoms with Gasteiger partial charge in [0.15, 0.2) is 0 Å². The summed E-state index contributed by atoms with van der Waals surface area (Å²) < 4.78 is 0. The molecule has 1 unspecified atom stereocenters. The number of thioether (sulfide) groups is 1. The van der Waals surface area contributed by atoms with Crippen molar-refractivity contribution in [2.75, 3.05) is 37.7 Å². The van der Waals surface area contributed by atoms with Gasteiger partial charge in [-0.2, -0.15) is 11.8 Å². The molecule has 1 amide bonds. The minimum absolute atomic E-state index is 0.170. The zero-order valence-corrected chi connectivity index (χ0v) is 13.2. The Morgan fingerprint density at radius 2 is 1.95 bits per heavy atom. The number of aromatic nitrogens is 1. The van der Waals surface area contributed by atoms with Crippen molar-refractivity contribution in [2.45, 2.75) is 25.3 Å². The summed E-state index contributed by atoms with van der Waals surface area (Å²) in [5.74, 6) is 2.40. The molecule has 0 saturated carbocycles. The smallest absolute Gasteiger partial charge is 0.254 e. The fraction of sp³-hybridized carbons (Fsp3) is 0.625. The average Bonchev–Trinajstić information content (AvgIpc) is 2.92. The summed E-state index contributed by atoms with van der Waals surface area (Å²) in [6.07, 6.45) is 7.11. The first kappa shape index (κ1) is 14.9. The van der Waals surface area contributed by atoms with Crippen LogP contribution in [0.4, 0.5) is 0 Å². The van der Waals surface area contributed by atoms with Crippen molar-refractivity contribution in [1.29, 1.82) is 0 Å². The maximum absolute atomic E-state index is 12.8. The van der Waals surface area contributed by atoms with Crippen molar-refractivity contribution >= 4 is 17.7 Å². The second-order valence-corrected chi connectivity index (χ2v) is 6.97. The first-order chi connectivity index (χ1) is 10.3. The average molecular weight is 305 g/mol. The highest BCUT2D eigenvalue weighted by atomic mass is 32.2. The SMILES string of the molecule is O=C(c1ccncc1)N1CCCSCC1CN1CCCC1. The quantitative estimate of drug-likeness (QED) is 0.857. The van der Waals surface area contributed by atoms with Crippen molar-refractivity contribution in [3.8, 4) is 0 Å².